The Morgan fingerprint density at radius 1 is 1.45 bits per heavy atom. The van der Waals surface area contributed by atoms with Gasteiger partial charge in [0.15, 0.2) is 0 Å². The highest BCUT2D eigenvalue weighted by molar-refractivity contribution is 6.31. The number of nitrogen functional groups attached to an aromatic ring is 1. The number of hydrogen-bond acceptors (Lipinski definition) is 4. The number of hydrogen-bond donors (Lipinski definition) is 2. The summed E-state index contributed by atoms with van der Waals surface area (Å²) in [6.07, 6.45) is -0.675. The average molecular weight is 296 g/mol. The summed E-state index contributed by atoms with van der Waals surface area (Å²) in [5.41, 5.74) is 7.88. The van der Waals surface area contributed by atoms with E-state index >= 15 is 0 Å². The van der Waals surface area contributed by atoms with Crippen LogP contribution in [0, 0.1) is 13.8 Å². The van der Waals surface area contributed by atoms with Gasteiger partial charge in [0.1, 0.15) is 18.5 Å². The van der Waals surface area contributed by atoms with E-state index in [2.05, 4.69) is 5.10 Å². The molecule has 0 radical (unpaired) electrons. The summed E-state index contributed by atoms with van der Waals surface area (Å²) >= 11 is 6.06. The monoisotopic (exact) mass is 295 g/mol. The van der Waals surface area contributed by atoms with Gasteiger partial charge in [0.05, 0.1) is 23.0 Å². The first-order chi connectivity index (χ1) is 9.47. The molecule has 0 amide bonds. The van der Waals surface area contributed by atoms with Crippen molar-refractivity contribution >= 4 is 17.3 Å². The summed E-state index contributed by atoms with van der Waals surface area (Å²) in [6.45, 7) is 4.20. The minimum atomic E-state index is -0.675. The fourth-order valence-electron chi connectivity index (χ4n) is 1.90. The molecule has 0 bridgehead atoms. The molecule has 108 valence electrons. The van der Waals surface area contributed by atoms with Crippen LogP contribution in [0.4, 0.5) is 5.69 Å². The number of benzene rings is 1. The number of nitrogens with two attached hydrogens (primary N) is 1. The largest absolute Gasteiger partial charge is 0.491 e. The van der Waals surface area contributed by atoms with Crippen molar-refractivity contribution in [1.82, 2.24) is 9.78 Å². The van der Waals surface area contributed by atoms with Crippen molar-refractivity contribution in [2.45, 2.75) is 26.5 Å². The maximum atomic E-state index is 10.00. The average Bonchev–Trinajstić information content (AvgIpc) is 2.64. The maximum absolute atomic E-state index is 10.00. The molecule has 1 heterocycles. The summed E-state index contributed by atoms with van der Waals surface area (Å²) < 4.78 is 7.18. The molecule has 0 spiro atoms. The second kappa shape index (κ2) is 6.15. The molecule has 1 unspecified atom stereocenters. The predicted octanol–water partition coefficient (Wildman–Crippen LogP) is 2.18. The Balaban J connectivity index is 1.92. The molecule has 3 N–H and O–H groups in total. The highest BCUT2D eigenvalue weighted by Crippen LogP contribution is 2.19. The summed E-state index contributed by atoms with van der Waals surface area (Å²) in [5, 5.41) is 14.9. The van der Waals surface area contributed by atoms with Gasteiger partial charge in [0.2, 0.25) is 0 Å². The van der Waals surface area contributed by atoms with E-state index in [0.29, 0.717) is 23.0 Å². The van der Waals surface area contributed by atoms with Gasteiger partial charge in [-0.2, -0.15) is 5.10 Å². The van der Waals surface area contributed by atoms with Crippen LogP contribution in [0.5, 0.6) is 5.75 Å². The van der Waals surface area contributed by atoms with Crippen molar-refractivity contribution < 1.29 is 9.84 Å². The number of nitrogens with zero attached hydrogens (tertiary/aromatic N) is 2. The predicted molar refractivity (Wildman–Crippen MR) is 79.1 cm³/mol. The highest BCUT2D eigenvalue weighted by atomic mass is 35.5. The number of aliphatic hydroxyl groups excluding tert-OH is 1. The molecular weight excluding hydrogens is 278 g/mol. The zero-order valence-corrected chi connectivity index (χ0v) is 12.3. The van der Waals surface area contributed by atoms with Crippen LogP contribution in [0.1, 0.15) is 11.4 Å². The Bertz CT molecular complexity index is 598. The lowest BCUT2D eigenvalue weighted by molar-refractivity contribution is 0.0887. The lowest BCUT2D eigenvalue weighted by Gasteiger charge is -2.13. The molecule has 0 aliphatic carbocycles. The summed E-state index contributed by atoms with van der Waals surface area (Å²) in [7, 11) is 0. The molecule has 1 aromatic heterocycles. The molecule has 1 aromatic carbocycles. The summed E-state index contributed by atoms with van der Waals surface area (Å²) in [5.74, 6) is 0.635. The summed E-state index contributed by atoms with van der Waals surface area (Å²) in [6, 6.07) is 7.09. The van der Waals surface area contributed by atoms with Crippen LogP contribution in [0.3, 0.4) is 0 Å². The van der Waals surface area contributed by atoms with E-state index in [1.54, 1.807) is 28.9 Å². The molecule has 0 aliphatic rings. The van der Waals surface area contributed by atoms with E-state index in [4.69, 9.17) is 22.1 Å². The van der Waals surface area contributed by atoms with Gasteiger partial charge in [-0.1, -0.05) is 17.7 Å². The molecule has 6 heteroatoms. The van der Waals surface area contributed by atoms with Gasteiger partial charge < -0.3 is 15.6 Å². The number of halogens is 1. The fraction of sp³-hybridized carbons (Fsp3) is 0.357. The number of aromatic nitrogens is 2. The molecule has 0 saturated heterocycles. The Hall–Kier alpha value is -1.72. The van der Waals surface area contributed by atoms with Gasteiger partial charge in [-0.05, 0) is 26.0 Å². The van der Waals surface area contributed by atoms with Crippen LogP contribution in [-0.2, 0) is 6.54 Å². The van der Waals surface area contributed by atoms with Crippen molar-refractivity contribution in [2.75, 3.05) is 12.3 Å². The molecule has 5 nitrogen and oxygen atoms in total. The third-order valence-corrected chi connectivity index (χ3v) is 3.52. The standard InChI is InChI=1S/C14H18ClN3O2/c1-9-14(15)10(2)18(17-9)7-12(19)8-20-13-5-3-4-11(16)6-13/h3-6,12,19H,7-8,16H2,1-2H3. The van der Waals surface area contributed by atoms with Crippen molar-refractivity contribution in [2.24, 2.45) is 0 Å². The minimum absolute atomic E-state index is 0.166. The van der Waals surface area contributed by atoms with Crippen LogP contribution in [0.25, 0.3) is 0 Å². The number of aliphatic hydroxyl groups is 1. The van der Waals surface area contributed by atoms with Crippen LogP contribution in [-0.4, -0.2) is 27.6 Å². The van der Waals surface area contributed by atoms with Gasteiger partial charge in [-0.25, -0.2) is 0 Å². The van der Waals surface area contributed by atoms with E-state index < -0.39 is 6.10 Å². The number of rotatable bonds is 5. The molecule has 1 atom stereocenters. The van der Waals surface area contributed by atoms with Crippen LogP contribution < -0.4 is 10.5 Å². The molecule has 2 rings (SSSR count). The van der Waals surface area contributed by atoms with Crippen molar-refractivity contribution in [3.63, 3.8) is 0 Å². The number of aryl methyl sites for hydroxylation is 1. The molecular formula is C14H18ClN3O2. The molecule has 0 aliphatic heterocycles. The molecule has 2 aromatic rings. The zero-order chi connectivity index (χ0) is 14.7. The fourth-order valence-corrected chi connectivity index (χ4v) is 2.04. The van der Waals surface area contributed by atoms with E-state index in [9.17, 15) is 5.11 Å². The lowest BCUT2D eigenvalue weighted by atomic mass is 10.3. The van der Waals surface area contributed by atoms with Gasteiger partial charge in [-0.3, -0.25) is 4.68 Å². The minimum Gasteiger partial charge on any atom is -0.491 e. The van der Waals surface area contributed by atoms with E-state index in [0.717, 1.165) is 11.4 Å². The molecule has 0 fully saturated rings. The topological polar surface area (TPSA) is 73.3 Å². The van der Waals surface area contributed by atoms with Crippen LogP contribution in [0.15, 0.2) is 24.3 Å². The number of anilines is 1. The first-order valence-corrected chi connectivity index (χ1v) is 6.71. The number of ether oxygens (including phenoxy) is 1. The maximum Gasteiger partial charge on any atom is 0.121 e. The van der Waals surface area contributed by atoms with Crippen LogP contribution >= 0.6 is 11.6 Å². The highest BCUT2D eigenvalue weighted by Gasteiger charge is 2.13. The smallest absolute Gasteiger partial charge is 0.121 e. The quantitative estimate of drug-likeness (QED) is 0.829. The van der Waals surface area contributed by atoms with E-state index in [1.807, 2.05) is 13.8 Å². The lowest BCUT2D eigenvalue weighted by Crippen LogP contribution is -2.24. The third kappa shape index (κ3) is 3.43. The zero-order valence-electron chi connectivity index (χ0n) is 11.5. The second-order valence-electron chi connectivity index (χ2n) is 4.70. The Kier molecular flexibility index (Phi) is 4.52. The molecule has 20 heavy (non-hydrogen) atoms. The van der Waals surface area contributed by atoms with Crippen molar-refractivity contribution in [1.29, 1.82) is 0 Å². The van der Waals surface area contributed by atoms with Crippen molar-refractivity contribution in [3.8, 4) is 5.75 Å². The van der Waals surface area contributed by atoms with E-state index in [1.165, 1.54) is 0 Å². The van der Waals surface area contributed by atoms with Crippen molar-refractivity contribution in [3.05, 3.63) is 40.7 Å². The first kappa shape index (κ1) is 14.7. The van der Waals surface area contributed by atoms with Gasteiger partial charge in [0, 0.05) is 11.8 Å². The van der Waals surface area contributed by atoms with Gasteiger partial charge in [0.25, 0.3) is 0 Å². The third-order valence-electron chi connectivity index (χ3n) is 2.98. The van der Waals surface area contributed by atoms with Gasteiger partial charge in [-0.15, -0.1) is 0 Å². The van der Waals surface area contributed by atoms with Gasteiger partial charge >= 0.3 is 0 Å². The Morgan fingerprint density at radius 3 is 2.80 bits per heavy atom. The SMILES string of the molecule is Cc1nn(CC(O)COc2cccc(N)c2)c(C)c1Cl. The Morgan fingerprint density at radius 2 is 2.20 bits per heavy atom. The Labute approximate surface area is 122 Å². The molecule has 0 saturated carbocycles. The van der Waals surface area contributed by atoms with E-state index in [-0.39, 0.29) is 6.61 Å². The van der Waals surface area contributed by atoms with Crippen LogP contribution in [0.2, 0.25) is 5.02 Å². The normalized spacial score (nSPS) is 12.4. The summed E-state index contributed by atoms with van der Waals surface area (Å²) in [4.78, 5) is 0. The first-order valence-electron chi connectivity index (χ1n) is 6.33. The second-order valence-corrected chi connectivity index (χ2v) is 5.08.